The Labute approximate surface area is 105 Å². The Hall–Kier alpha value is -1.67. The zero-order chi connectivity index (χ0) is 12.8. The van der Waals surface area contributed by atoms with Crippen LogP contribution in [0.2, 0.25) is 5.15 Å². The molecule has 0 saturated carbocycles. The number of halogens is 1. The normalized spacial score (nSPS) is 11.6. The predicted molar refractivity (Wildman–Crippen MR) is 65.1 cm³/mol. The average Bonchev–Trinajstić information content (AvgIpc) is 2.35. The summed E-state index contributed by atoms with van der Waals surface area (Å²) >= 11 is 5.83. The molecule has 0 aliphatic carbocycles. The Bertz CT molecular complexity index is 444. The Morgan fingerprint density at radius 1 is 1.65 bits per heavy atom. The summed E-state index contributed by atoms with van der Waals surface area (Å²) < 4.78 is 0. The first-order chi connectivity index (χ1) is 8.13. The molecule has 1 unspecified atom stereocenters. The lowest BCUT2D eigenvalue weighted by molar-refractivity contribution is 0.112. The minimum absolute atomic E-state index is 0.132. The Morgan fingerprint density at radius 2 is 2.35 bits per heavy atom. The van der Waals surface area contributed by atoms with Gasteiger partial charge in [-0.2, -0.15) is 5.26 Å². The molecule has 0 bridgehead atoms. The van der Waals surface area contributed by atoms with Crippen LogP contribution in [0.5, 0.6) is 0 Å². The van der Waals surface area contributed by atoms with Crippen molar-refractivity contribution >= 4 is 23.7 Å². The lowest BCUT2D eigenvalue weighted by atomic mass is 10.2. The molecule has 1 heterocycles. The number of carbonyl (C=O) groups excluding carboxylic acids is 1. The molecule has 17 heavy (non-hydrogen) atoms. The van der Waals surface area contributed by atoms with Crippen LogP contribution in [0.25, 0.3) is 0 Å². The quantitative estimate of drug-likeness (QED) is 0.592. The number of nitriles is 1. The highest BCUT2D eigenvalue weighted by molar-refractivity contribution is 6.32. The number of carbonyl (C=O) groups is 1. The van der Waals surface area contributed by atoms with E-state index in [0.29, 0.717) is 25.2 Å². The van der Waals surface area contributed by atoms with Gasteiger partial charge in [0.2, 0.25) is 0 Å². The highest BCUT2D eigenvalue weighted by Crippen LogP contribution is 2.21. The molecule has 1 rings (SSSR count). The van der Waals surface area contributed by atoms with Gasteiger partial charge >= 0.3 is 0 Å². The summed E-state index contributed by atoms with van der Waals surface area (Å²) in [6.07, 6.45) is 1.95. The Kier molecular flexibility index (Phi) is 4.85. The lowest BCUT2D eigenvalue weighted by Crippen LogP contribution is -2.29. The monoisotopic (exact) mass is 252 g/mol. The van der Waals surface area contributed by atoms with Crippen molar-refractivity contribution in [2.24, 2.45) is 5.92 Å². The first-order valence-electron chi connectivity index (χ1n) is 5.24. The molecule has 0 aliphatic heterocycles. The number of aldehydes is 1. The van der Waals surface area contributed by atoms with Gasteiger partial charge in [0.05, 0.1) is 17.6 Å². The fraction of sp³-hybridized carbons (Fsp3) is 0.455. The molecule has 0 amide bonds. The Morgan fingerprint density at radius 3 is 2.88 bits per heavy atom. The Balaban J connectivity index is 3.08. The van der Waals surface area contributed by atoms with Crippen LogP contribution in [0.15, 0.2) is 6.33 Å². The number of anilines is 1. The molecular formula is C11H13ClN4O. The molecule has 5 nitrogen and oxygen atoms in total. The molecule has 0 radical (unpaired) electrons. The second kappa shape index (κ2) is 6.16. The predicted octanol–water partition coefficient (Wildman–Crippen LogP) is 1.93. The van der Waals surface area contributed by atoms with Gasteiger partial charge in [-0.05, 0) is 13.8 Å². The summed E-state index contributed by atoms with van der Waals surface area (Å²) in [6.45, 7) is 4.88. The van der Waals surface area contributed by atoms with Crippen molar-refractivity contribution < 1.29 is 4.79 Å². The summed E-state index contributed by atoms with van der Waals surface area (Å²) in [4.78, 5) is 20.6. The van der Waals surface area contributed by atoms with Crippen LogP contribution < -0.4 is 4.90 Å². The van der Waals surface area contributed by atoms with E-state index in [1.54, 1.807) is 0 Å². The van der Waals surface area contributed by atoms with E-state index >= 15 is 0 Å². The summed E-state index contributed by atoms with van der Waals surface area (Å²) in [5.41, 5.74) is 0.265. The van der Waals surface area contributed by atoms with Crippen LogP contribution in [0.1, 0.15) is 24.2 Å². The zero-order valence-electron chi connectivity index (χ0n) is 9.72. The highest BCUT2D eigenvalue weighted by Gasteiger charge is 2.16. The van der Waals surface area contributed by atoms with Gasteiger partial charge in [0.15, 0.2) is 6.29 Å². The third-order valence-corrected chi connectivity index (χ3v) is 2.63. The number of rotatable bonds is 5. The topological polar surface area (TPSA) is 69.9 Å². The third-order valence-electron chi connectivity index (χ3n) is 2.33. The van der Waals surface area contributed by atoms with Gasteiger partial charge < -0.3 is 4.90 Å². The van der Waals surface area contributed by atoms with E-state index in [1.165, 1.54) is 6.33 Å². The maximum atomic E-state index is 11.0. The van der Waals surface area contributed by atoms with Crippen molar-refractivity contribution in [3.63, 3.8) is 0 Å². The SMILES string of the molecule is CCN(CC(C)C#N)c1ncnc(Cl)c1C=O. The van der Waals surface area contributed by atoms with Gasteiger partial charge in [-0.1, -0.05) is 11.6 Å². The molecule has 6 heteroatoms. The summed E-state index contributed by atoms with van der Waals surface area (Å²) in [7, 11) is 0. The van der Waals surface area contributed by atoms with Crippen LogP contribution in [0, 0.1) is 17.2 Å². The van der Waals surface area contributed by atoms with E-state index in [0.717, 1.165) is 0 Å². The van der Waals surface area contributed by atoms with Crippen molar-refractivity contribution in [1.29, 1.82) is 5.26 Å². The van der Waals surface area contributed by atoms with Gasteiger partial charge in [-0.15, -0.1) is 0 Å². The molecule has 1 aromatic rings. The van der Waals surface area contributed by atoms with E-state index in [2.05, 4.69) is 16.0 Å². The van der Waals surface area contributed by atoms with Gasteiger partial charge in [0.25, 0.3) is 0 Å². The summed E-state index contributed by atoms with van der Waals surface area (Å²) in [5.74, 6) is 0.327. The largest absolute Gasteiger partial charge is 0.355 e. The van der Waals surface area contributed by atoms with Crippen LogP contribution in [0.4, 0.5) is 5.82 Å². The van der Waals surface area contributed by atoms with Crippen LogP contribution in [0.3, 0.4) is 0 Å². The number of hydrogen-bond acceptors (Lipinski definition) is 5. The second-order valence-corrected chi connectivity index (χ2v) is 3.95. The van der Waals surface area contributed by atoms with Crippen molar-refractivity contribution in [1.82, 2.24) is 9.97 Å². The first-order valence-corrected chi connectivity index (χ1v) is 5.62. The van der Waals surface area contributed by atoms with E-state index in [4.69, 9.17) is 16.9 Å². The minimum Gasteiger partial charge on any atom is -0.355 e. The fourth-order valence-corrected chi connectivity index (χ4v) is 1.63. The number of hydrogen-bond donors (Lipinski definition) is 0. The molecule has 0 aliphatic rings. The van der Waals surface area contributed by atoms with Gasteiger partial charge in [-0.25, -0.2) is 9.97 Å². The van der Waals surface area contributed by atoms with E-state index in [9.17, 15) is 4.79 Å². The van der Waals surface area contributed by atoms with E-state index in [1.807, 2.05) is 18.7 Å². The van der Waals surface area contributed by atoms with Crippen LogP contribution in [-0.2, 0) is 0 Å². The molecule has 0 fully saturated rings. The smallest absolute Gasteiger partial charge is 0.156 e. The van der Waals surface area contributed by atoms with Crippen molar-refractivity contribution in [3.05, 3.63) is 17.0 Å². The van der Waals surface area contributed by atoms with Crippen molar-refractivity contribution in [2.45, 2.75) is 13.8 Å². The molecule has 1 aromatic heterocycles. The minimum atomic E-state index is -0.150. The molecule has 90 valence electrons. The molecule has 0 spiro atoms. The maximum absolute atomic E-state index is 11.0. The molecule has 0 aromatic carbocycles. The molecule has 0 N–H and O–H groups in total. The summed E-state index contributed by atoms with van der Waals surface area (Å²) in [5, 5.41) is 8.93. The number of nitrogens with zero attached hydrogens (tertiary/aromatic N) is 4. The average molecular weight is 253 g/mol. The highest BCUT2D eigenvalue weighted by atomic mass is 35.5. The molecule has 1 atom stereocenters. The van der Waals surface area contributed by atoms with Crippen LogP contribution >= 0.6 is 11.6 Å². The first kappa shape index (κ1) is 13.4. The van der Waals surface area contributed by atoms with Gasteiger partial charge in [0, 0.05) is 13.1 Å². The fourth-order valence-electron chi connectivity index (χ4n) is 1.46. The second-order valence-electron chi connectivity index (χ2n) is 3.59. The van der Waals surface area contributed by atoms with E-state index in [-0.39, 0.29) is 16.6 Å². The zero-order valence-corrected chi connectivity index (χ0v) is 10.5. The van der Waals surface area contributed by atoms with Gasteiger partial charge in [0.1, 0.15) is 17.3 Å². The molecule has 0 saturated heterocycles. The van der Waals surface area contributed by atoms with Crippen LogP contribution in [-0.4, -0.2) is 29.3 Å². The molecular weight excluding hydrogens is 240 g/mol. The van der Waals surface area contributed by atoms with Crippen molar-refractivity contribution in [3.8, 4) is 6.07 Å². The van der Waals surface area contributed by atoms with Gasteiger partial charge in [-0.3, -0.25) is 4.79 Å². The van der Waals surface area contributed by atoms with Crippen molar-refractivity contribution in [2.75, 3.05) is 18.0 Å². The third kappa shape index (κ3) is 3.14. The standard InChI is InChI=1S/C11H13ClN4O/c1-3-16(5-8(2)4-13)11-9(6-17)10(12)14-7-15-11/h6-8H,3,5H2,1-2H3. The summed E-state index contributed by atoms with van der Waals surface area (Å²) in [6, 6.07) is 2.15. The maximum Gasteiger partial charge on any atom is 0.156 e. The number of aromatic nitrogens is 2. The lowest BCUT2D eigenvalue weighted by Gasteiger charge is -2.24. The van der Waals surface area contributed by atoms with E-state index < -0.39 is 0 Å².